The molecule has 0 aliphatic heterocycles. The number of fused-ring (bicyclic) bond motifs is 2. The minimum absolute atomic E-state index is 0.148. The molecule has 2 aliphatic carbocycles. The molecule has 0 radical (unpaired) electrons. The summed E-state index contributed by atoms with van der Waals surface area (Å²) < 4.78 is 18.7. The molecule has 0 saturated heterocycles. The van der Waals surface area contributed by atoms with Crippen molar-refractivity contribution in [2.45, 2.75) is 44.6 Å². The number of aromatic nitrogens is 2. The number of allylic oxidation sites excluding steroid dienone is 1. The Morgan fingerprint density at radius 3 is 2.89 bits per heavy atom. The van der Waals surface area contributed by atoms with Gasteiger partial charge in [-0.25, -0.2) is 9.18 Å². The van der Waals surface area contributed by atoms with Crippen LogP contribution in [0, 0.1) is 17.7 Å². The highest BCUT2D eigenvalue weighted by molar-refractivity contribution is 5.67. The number of carbonyl (C=O) groups is 1. The monoisotopic (exact) mass is 471 g/mol. The Balaban J connectivity index is 1.34. The standard InChI is InChI=1S/C29H30FN3O2/c1-2-35-29(34)33-25-9-10-26-21(16-25)14-22-17-31-13-12-27(22)28(26)11-8-24-7-6-20(18-32-24)19-4-3-5-23(30)15-19/h3-8,11-13,15,17-18,21,25-26,28H,2,9-10,14,16H2,1H3,(H,33,34)/b11-8+/t21-,25-,26-,28+/m1/s1. The van der Waals surface area contributed by atoms with E-state index in [0.717, 1.165) is 42.5 Å². The number of rotatable bonds is 5. The van der Waals surface area contributed by atoms with Crippen molar-refractivity contribution < 1.29 is 13.9 Å². The van der Waals surface area contributed by atoms with Crippen LogP contribution >= 0.6 is 0 Å². The van der Waals surface area contributed by atoms with Crippen LogP contribution in [0.25, 0.3) is 17.2 Å². The number of nitrogens with zero attached hydrogens (tertiary/aromatic N) is 2. The van der Waals surface area contributed by atoms with Gasteiger partial charge in [-0.2, -0.15) is 0 Å². The molecular formula is C29H30FN3O2. The molecule has 1 N–H and O–H groups in total. The summed E-state index contributed by atoms with van der Waals surface area (Å²) in [5.41, 5.74) is 5.21. The minimum Gasteiger partial charge on any atom is -0.450 e. The Bertz CT molecular complexity index is 1210. The molecule has 2 heterocycles. The van der Waals surface area contributed by atoms with E-state index >= 15 is 0 Å². The average molecular weight is 472 g/mol. The molecule has 5 nitrogen and oxygen atoms in total. The lowest BCUT2D eigenvalue weighted by Gasteiger charge is -2.44. The van der Waals surface area contributed by atoms with Gasteiger partial charge in [-0.05, 0) is 91.5 Å². The summed E-state index contributed by atoms with van der Waals surface area (Å²) in [6, 6.07) is 12.8. The van der Waals surface area contributed by atoms with E-state index in [1.54, 1.807) is 12.3 Å². The topological polar surface area (TPSA) is 64.1 Å². The lowest BCUT2D eigenvalue weighted by Crippen LogP contribution is -2.44. The Hall–Kier alpha value is -3.54. The zero-order chi connectivity index (χ0) is 24.2. The summed E-state index contributed by atoms with van der Waals surface area (Å²) in [5, 5.41) is 3.04. The van der Waals surface area contributed by atoms with E-state index in [-0.39, 0.29) is 23.9 Å². The van der Waals surface area contributed by atoms with E-state index in [9.17, 15) is 9.18 Å². The highest BCUT2D eigenvalue weighted by Crippen LogP contribution is 2.47. The largest absolute Gasteiger partial charge is 0.450 e. The predicted octanol–water partition coefficient (Wildman–Crippen LogP) is 6.17. The van der Waals surface area contributed by atoms with E-state index < -0.39 is 0 Å². The van der Waals surface area contributed by atoms with Gasteiger partial charge in [-0.3, -0.25) is 9.97 Å². The highest BCUT2D eigenvalue weighted by atomic mass is 19.1. The van der Waals surface area contributed by atoms with Crippen molar-refractivity contribution in [2.75, 3.05) is 6.61 Å². The van der Waals surface area contributed by atoms with Crippen molar-refractivity contribution in [3.8, 4) is 11.1 Å². The van der Waals surface area contributed by atoms with Gasteiger partial charge in [0.1, 0.15) is 5.82 Å². The third kappa shape index (κ3) is 5.26. The molecule has 0 unspecified atom stereocenters. The fraction of sp³-hybridized carbons (Fsp3) is 0.345. The lowest BCUT2D eigenvalue weighted by atomic mass is 9.62. The number of carbonyl (C=O) groups excluding carboxylic acids is 1. The fourth-order valence-corrected chi connectivity index (χ4v) is 5.70. The number of nitrogens with one attached hydrogen (secondary N) is 1. The summed E-state index contributed by atoms with van der Waals surface area (Å²) in [6.07, 6.45) is 13.6. The fourth-order valence-electron chi connectivity index (χ4n) is 5.70. The normalized spacial score (nSPS) is 23.4. The number of hydrogen-bond acceptors (Lipinski definition) is 4. The van der Waals surface area contributed by atoms with Crippen LogP contribution in [-0.2, 0) is 11.2 Å². The Labute approximate surface area is 205 Å². The molecule has 1 amide bonds. The van der Waals surface area contributed by atoms with Crippen LogP contribution in [0.1, 0.15) is 48.9 Å². The van der Waals surface area contributed by atoms with Crippen molar-refractivity contribution in [1.29, 1.82) is 0 Å². The van der Waals surface area contributed by atoms with E-state index in [1.165, 1.54) is 23.3 Å². The summed E-state index contributed by atoms with van der Waals surface area (Å²) in [5.74, 6) is 1.01. The van der Waals surface area contributed by atoms with Gasteiger partial charge in [0.2, 0.25) is 0 Å². The summed E-state index contributed by atoms with van der Waals surface area (Å²) in [4.78, 5) is 20.9. The number of halogens is 1. The molecule has 5 rings (SSSR count). The third-order valence-electron chi connectivity index (χ3n) is 7.30. The Morgan fingerprint density at radius 1 is 1.17 bits per heavy atom. The van der Waals surface area contributed by atoms with Crippen molar-refractivity contribution >= 4 is 12.2 Å². The second kappa shape index (κ2) is 10.4. The average Bonchev–Trinajstić information content (AvgIpc) is 2.87. The van der Waals surface area contributed by atoms with Crippen LogP contribution in [0.3, 0.4) is 0 Å². The zero-order valence-electron chi connectivity index (χ0n) is 19.9. The summed E-state index contributed by atoms with van der Waals surface area (Å²) in [6.45, 7) is 2.20. The Kier molecular flexibility index (Phi) is 6.89. The molecular weight excluding hydrogens is 441 g/mol. The molecule has 2 aromatic heterocycles. The van der Waals surface area contributed by atoms with Gasteiger partial charge in [0.25, 0.3) is 0 Å². The minimum atomic E-state index is -0.321. The van der Waals surface area contributed by atoms with Crippen LogP contribution in [0.2, 0.25) is 0 Å². The van der Waals surface area contributed by atoms with Gasteiger partial charge in [0, 0.05) is 36.1 Å². The van der Waals surface area contributed by atoms with E-state index in [4.69, 9.17) is 4.74 Å². The molecule has 4 atom stereocenters. The van der Waals surface area contributed by atoms with Gasteiger partial charge in [0.05, 0.1) is 12.3 Å². The van der Waals surface area contributed by atoms with Crippen LogP contribution in [-0.4, -0.2) is 28.7 Å². The Morgan fingerprint density at radius 2 is 2.09 bits per heavy atom. The number of hydrogen-bond donors (Lipinski definition) is 1. The smallest absolute Gasteiger partial charge is 0.407 e. The van der Waals surface area contributed by atoms with Gasteiger partial charge in [-0.15, -0.1) is 0 Å². The van der Waals surface area contributed by atoms with Crippen molar-refractivity contribution in [1.82, 2.24) is 15.3 Å². The van der Waals surface area contributed by atoms with E-state index in [2.05, 4.69) is 33.5 Å². The van der Waals surface area contributed by atoms with E-state index in [1.807, 2.05) is 37.5 Å². The second-order valence-electron chi connectivity index (χ2n) is 9.44. The van der Waals surface area contributed by atoms with E-state index in [0.29, 0.717) is 18.4 Å². The first-order chi connectivity index (χ1) is 17.1. The summed E-state index contributed by atoms with van der Waals surface area (Å²) in [7, 11) is 0. The lowest BCUT2D eigenvalue weighted by molar-refractivity contribution is 0.129. The number of benzene rings is 1. The van der Waals surface area contributed by atoms with Crippen molar-refractivity contribution in [3.63, 3.8) is 0 Å². The SMILES string of the molecule is CCOC(=O)N[C@@H]1CC[C@@H]2[C@H](Cc3cnccc3[C@H]2/C=C/c2ccc(-c3cccc(F)c3)cn2)C1. The molecule has 35 heavy (non-hydrogen) atoms. The first-order valence-electron chi connectivity index (χ1n) is 12.4. The quantitative estimate of drug-likeness (QED) is 0.484. The molecule has 1 fully saturated rings. The molecule has 3 aromatic rings. The van der Waals surface area contributed by atoms with Crippen LogP contribution in [0.15, 0.2) is 67.1 Å². The number of alkyl carbamates (subject to hydrolysis) is 1. The van der Waals surface area contributed by atoms with Crippen LogP contribution in [0.5, 0.6) is 0 Å². The molecule has 0 spiro atoms. The van der Waals surface area contributed by atoms with Crippen molar-refractivity contribution in [3.05, 3.63) is 89.8 Å². The van der Waals surface area contributed by atoms with Gasteiger partial charge >= 0.3 is 6.09 Å². The van der Waals surface area contributed by atoms with Gasteiger partial charge < -0.3 is 10.1 Å². The zero-order valence-corrected chi connectivity index (χ0v) is 19.9. The van der Waals surface area contributed by atoms with Crippen LogP contribution in [0.4, 0.5) is 9.18 Å². The van der Waals surface area contributed by atoms with Crippen LogP contribution < -0.4 is 5.32 Å². The maximum absolute atomic E-state index is 13.6. The maximum Gasteiger partial charge on any atom is 0.407 e. The second-order valence-corrected chi connectivity index (χ2v) is 9.44. The maximum atomic E-state index is 13.6. The highest BCUT2D eigenvalue weighted by Gasteiger charge is 2.40. The predicted molar refractivity (Wildman–Crippen MR) is 134 cm³/mol. The molecule has 0 bridgehead atoms. The first-order valence-corrected chi connectivity index (χ1v) is 12.4. The molecule has 1 saturated carbocycles. The number of amides is 1. The first kappa shape index (κ1) is 23.2. The molecule has 6 heteroatoms. The third-order valence-corrected chi connectivity index (χ3v) is 7.30. The number of pyridine rings is 2. The molecule has 180 valence electrons. The number of ether oxygens (including phenoxy) is 1. The molecule has 1 aromatic carbocycles. The van der Waals surface area contributed by atoms with Gasteiger partial charge in [-0.1, -0.05) is 24.3 Å². The molecule has 2 aliphatic rings. The van der Waals surface area contributed by atoms with Gasteiger partial charge in [0.15, 0.2) is 0 Å². The van der Waals surface area contributed by atoms with Crippen molar-refractivity contribution in [2.24, 2.45) is 11.8 Å². The summed E-state index contributed by atoms with van der Waals surface area (Å²) >= 11 is 0.